The maximum Gasteiger partial charge on any atom is 0.186 e. The van der Waals surface area contributed by atoms with Gasteiger partial charge in [-0.1, -0.05) is 51.1 Å². The highest BCUT2D eigenvalue weighted by Crippen LogP contribution is 2.08. The molecule has 0 aromatic heterocycles. The maximum absolute atomic E-state index is 6.06. The summed E-state index contributed by atoms with van der Waals surface area (Å²) in [6.45, 7) is 20.0. The lowest BCUT2D eigenvalue weighted by Crippen LogP contribution is -2.31. The molecular weight excluding hydrogens is 268 g/mol. The number of hydrogen-bond acceptors (Lipinski definition) is 1. The largest absolute Gasteiger partial charge is 0.395 e. The van der Waals surface area contributed by atoms with Gasteiger partial charge in [-0.2, -0.15) is 0 Å². The lowest BCUT2D eigenvalue weighted by molar-refractivity contribution is 0.307. The van der Waals surface area contributed by atoms with Gasteiger partial charge in [0.25, 0.3) is 0 Å². The molecule has 0 aromatic rings. The Bertz CT molecular complexity index is 354. The molecule has 0 rings (SSSR count). The van der Waals surface area contributed by atoms with Gasteiger partial charge in [-0.15, -0.1) is 11.1 Å². The molecule has 4 heteroatoms. The van der Waals surface area contributed by atoms with Gasteiger partial charge < -0.3 is 4.43 Å². The summed E-state index contributed by atoms with van der Waals surface area (Å²) in [7, 11) is -4.29. The zero-order valence-electron chi connectivity index (χ0n) is 13.5. The SMILES string of the molecule is C[Si](C)(C)C#CC(C#C[Si](C)(C)C)O[Si](C)(C)C. The van der Waals surface area contributed by atoms with E-state index in [0.29, 0.717) is 0 Å². The Labute approximate surface area is 117 Å². The molecule has 102 valence electrons. The lowest BCUT2D eigenvalue weighted by Gasteiger charge is -2.20. The minimum Gasteiger partial charge on any atom is -0.395 e. The van der Waals surface area contributed by atoms with Gasteiger partial charge in [-0.25, -0.2) is 0 Å². The van der Waals surface area contributed by atoms with Gasteiger partial charge >= 0.3 is 0 Å². The molecule has 0 atom stereocenters. The monoisotopic (exact) mass is 296 g/mol. The zero-order valence-corrected chi connectivity index (χ0v) is 16.5. The van der Waals surface area contributed by atoms with E-state index >= 15 is 0 Å². The molecule has 0 unspecified atom stereocenters. The van der Waals surface area contributed by atoms with Crippen molar-refractivity contribution in [3.05, 3.63) is 0 Å². The Kier molecular flexibility index (Phi) is 6.16. The van der Waals surface area contributed by atoms with Crippen LogP contribution < -0.4 is 0 Å². The van der Waals surface area contributed by atoms with Crippen LogP contribution in [0.1, 0.15) is 0 Å². The van der Waals surface area contributed by atoms with E-state index in [2.05, 4.69) is 81.9 Å². The molecule has 18 heavy (non-hydrogen) atoms. The molecule has 1 nitrogen and oxygen atoms in total. The van der Waals surface area contributed by atoms with E-state index in [1.807, 2.05) is 0 Å². The van der Waals surface area contributed by atoms with E-state index < -0.39 is 24.5 Å². The quantitative estimate of drug-likeness (QED) is 0.553. The van der Waals surface area contributed by atoms with Crippen molar-refractivity contribution >= 4 is 24.5 Å². The van der Waals surface area contributed by atoms with E-state index in [0.717, 1.165) is 0 Å². The molecule has 0 amide bonds. The first-order valence-electron chi connectivity index (χ1n) is 6.52. The molecular formula is C14H28OSi3. The first-order chi connectivity index (χ1) is 7.79. The lowest BCUT2D eigenvalue weighted by atomic mass is 10.4. The highest BCUT2D eigenvalue weighted by Gasteiger charge is 2.19. The van der Waals surface area contributed by atoms with Crippen molar-refractivity contribution in [1.82, 2.24) is 0 Å². The maximum atomic E-state index is 6.06. The highest BCUT2D eigenvalue weighted by molar-refractivity contribution is 6.84. The summed E-state index contributed by atoms with van der Waals surface area (Å²) in [5, 5.41) is 0. The Morgan fingerprint density at radius 1 is 0.667 bits per heavy atom. The molecule has 0 aromatic carbocycles. The zero-order chi connectivity index (χ0) is 14.6. The summed E-state index contributed by atoms with van der Waals surface area (Å²) in [5.41, 5.74) is 6.76. The molecule has 0 fully saturated rings. The van der Waals surface area contributed by atoms with Crippen LogP contribution in [-0.4, -0.2) is 30.6 Å². The third-order valence-electron chi connectivity index (χ3n) is 1.63. The van der Waals surface area contributed by atoms with E-state index in [9.17, 15) is 0 Å². The van der Waals surface area contributed by atoms with Crippen LogP contribution in [-0.2, 0) is 4.43 Å². The van der Waals surface area contributed by atoms with E-state index in [1.165, 1.54) is 0 Å². The van der Waals surface area contributed by atoms with Crippen molar-refractivity contribution in [3.63, 3.8) is 0 Å². The smallest absolute Gasteiger partial charge is 0.186 e. The summed E-state index contributed by atoms with van der Waals surface area (Å²) >= 11 is 0. The third kappa shape index (κ3) is 12.2. The average molecular weight is 297 g/mol. The minimum absolute atomic E-state index is 0.185. The summed E-state index contributed by atoms with van der Waals surface area (Å²) in [5.74, 6) is 6.52. The molecule has 0 bridgehead atoms. The van der Waals surface area contributed by atoms with Gasteiger partial charge in [-0.05, 0) is 19.6 Å². The van der Waals surface area contributed by atoms with Gasteiger partial charge in [0.05, 0.1) is 0 Å². The second-order valence-electron chi connectivity index (χ2n) is 7.65. The average Bonchev–Trinajstić information content (AvgIpc) is 2.05. The fourth-order valence-electron chi connectivity index (χ4n) is 1.01. The topological polar surface area (TPSA) is 9.23 Å². The van der Waals surface area contributed by atoms with Gasteiger partial charge in [0.2, 0.25) is 0 Å². The standard InChI is InChI=1S/C14H28OSi3/c1-16(2,3)12-10-14(15-18(7,8)9)11-13-17(4,5)6/h14H,1-9H3. The third-order valence-corrected chi connectivity index (χ3v) is 4.36. The van der Waals surface area contributed by atoms with Gasteiger partial charge in [-0.3, -0.25) is 0 Å². The first-order valence-corrected chi connectivity index (χ1v) is 16.9. The Morgan fingerprint density at radius 3 is 1.22 bits per heavy atom. The van der Waals surface area contributed by atoms with E-state index in [4.69, 9.17) is 4.43 Å². The van der Waals surface area contributed by atoms with Crippen molar-refractivity contribution in [2.45, 2.75) is 65.0 Å². The van der Waals surface area contributed by atoms with Crippen LogP contribution in [0.4, 0.5) is 0 Å². The second kappa shape index (κ2) is 6.25. The number of hydrogen-bond donors (Lipinski definition) is 0. The molecule has 0 aliphatic rings. The van der Waals surface area contributed by atoms with Crippen molar-refractivity contribution < 1.29 is 4.43 Å². The summed E-state index contributed by atoms with van der Waals surface area (Å²) in [4.78, 5) is 0. The van der Waals surface area contributed by atoms with E-state index in [-0.39, 0.29) is 6.10 Å². The molecule has 0 N–H and O–H groups in total. The Morgan fingerprint density at radius 2 is 1.00 bits per heavy atom. The summed E-state index contributed by atoms with van der Waals surface area (Å²) in [6, 6.07) is 0. The number of rotatable bonds is 2. The van der Waals surface area contributed by atoms with Crippen LogP contribution in [0, 0.1) is 22.9 Å². The molecule has 0 radical (unpaired) electrons. The first kappa shape index (κ1) is 17.7. The summed E-state index contributed by atoms with van der Waals surface area (Å²) < 4.78 is 6.06. The van der Waals surface area contributed by atoms with Crippen LogP contribution in [0.25, 0.3) is 0 Å². The molecule has 0 spiro atoms. The van der Waals surface area contributed by atoms with Crippen LogP contribution >= 0.6 is 0 Å². The molecule has 0 saturated heterocycles. The van der Waals surface area contributed by atoms with Gasteiger partial charge in [0.1, 0.15) is 16.1 Å². The molecule has 0 saturated carbocycles. The fraction of sp³-hybridized carbons (Fsp3) is 0.714. The van der Waals surface area contributed by atoms with Crippen molar-refractivity contribution in [2.24, 2.45) is 0 Å². The molecule has 0 heterocycles. The van der Waals surface area contributed by atoms with Crippen LogP contribution in [0.2, 0.25) is 58.9 Å². The van der Waals surface area contributed by atoms with Gasteiger partial charge in [0.15, 0.2) is 14.4 Å². The van der Waals surface area contributed by atoms with E-state index in [1.54, 1.807) is 0 Å². The Balaban J connectivity index is 5.05. The van der Waals surface area contributed by atoms with Crippen LogP contribution in [0.3, 0.4) is 0 Å². The molecule has 0 aliphatic heterocycles. The van der Waals surface area contributed by atoms with Gasteiger partial charge in [0, 0.05) is 0 Å². The van der Waals surface area contributed by atoms with Crippen molar-refractivity contribution in [1.29, 1.82) is 0 Å². The van der Waals surface area contributed by atoms with Crippen LogP contribution in [0.5, 0.6) is 0 Å². The predicted octanol–water partition coefficient (Wildman–Crippen LogP) is 3.97. The normalized spacial score (nSPS) is 12.6. The van der Waals surface area contributed by atoms with Crippen molar-refractivity contribution in [2.75, 3.05) is 0 Å². The minimum atomic E-state index is -1.59. The predicted molar refractivity (Wildman–Crippen MR) is 90.5 cm³/mol. The molecule has 0 aliphatic carbocycles. The van der Waals surface area contributed by atoms with Crippen LogP contribution in [0.15, 0.2) is 0 Å². The summed E-state index contributed by atoms with van der Waals surface area (Å²) in [6.07, 6.45) is -0.185. The highest BCUT2D eigenvalue weighted by atomic mass is 28.4. The van der Waals surface area contributed by atoms with Crippen molar-refractivity contribution in [3.8, 4) is 22.9 Å². The Hall–Kier alpha value is -0.269. The second-order valence-corrected chi connectivity index (χ2v) is 21.6. The fourth-order valence-corrected chi connectivity index (χ4v) is 2.97.